The Morgan fingerprint density at radius 2 is 2.04 bits per heavy atom. The third-order valence-electron chi connectivity index (χ3n) is 4.23. The lowest BCUT2D eigenvalue weighted by atomic mass is 10.2. The van der Waals surface area contributed by atoms with E-state index in [1.54, 1.807) is 31.5 Å². The Bertz CT molecular complexity index is 715. The van der Waals surface area contributed by atoms with Crippen molar-refractivity contribution >= 4 is 23.1 Å². The molecule has 1 amide bonds. The molecular formula is C18H23N5O2. The Balaban J connectivity index is 1.49. The van der Waals surface area contributed by atoms with E-state index in [-0.39, 0.29) is 5.91 Å². The van der Waals surface area contributed by atoms with Gasteiger partial charge in [-0.25, -0.2) is 4.98 Å². The van der Waals surface area contributed by atoms with Gasteiger partial charge < -0.3 is 20.7 Å². The van der Waals surface area contributed by atoms with Crippen LogP contribution in [0.1, 0.15) is 0 Å². The fourth-order valence-corrected chi connectivity index (χ4v) is 2.89. The van der Waals surface area contributed by atoms with E-state index in [1.807, 2.05) is 18.2 Å². The van der Waals surface area contributed by atoms with Crippen molar-refractivity contribution in [2.75, 3.05) is 55.8 Å². The Morgan fingerprint density at radius 3 is 2.68 bits per heavy atom. The topological polar surface area (TPSA) is 83.7 Å². The molecule has 3 N–H and O–H groups in total. The van der Waals surface area contributed by atoms with Crippen LogP contribution in [0.5, 0.6) is 5.75 Å². The number of hydrogen-bond donors (Lipinski definition) is 2. The standard InChI is InChI=1S/C18H23N5O2/c1-25-16-6-5-14(12-15(16)19)21-18(24)13-22-8-10-23(11-9-22)17-4-2-3-7-20-17/h2-7,12H,8-11,13,19H2,1H3,(H,21,24). The van der Waals surface area contributed by atoms with E-state index in [4.69, 9.17) is 10.5 Å². The molecule has 7 nitrogen and oxygen atoms in total. The lowest BCUT2D eigenvalue weighted by Crippen LogP contribution is -2.48. The van der Waals surface area contributed by atoms with Gasteiger partial charge >= 0.3 is 0 Å². The molecule has 1 aromatic carbocycles. The first kappa shape index (κ1) is 17.0. The van der Waals surface area contributed by atoms with E-state index >= 15 is 0 Å². The fraction of sp³-hybridized carbons (Fsp3) is 0.333. The maximum atomic E-state index is 12.2. The summed E-state index contributed by atoms with van der Waals surface area (Å²) in [6.07, 6.45) is 1.80. The van der Waals surface area contributed by atoms with Crippen molar-refractivity contribution in [1.82, 2.24) is 9.88 Å². The van der Waals surface area contributed by atoms with Gasteiger partial charge in [0.25, 0.3) is 0 Å². The zero-order valence-corrected chi connectivity index (χ0v) is 14.3. The number of nitrogens with two attached hydrogens (primary N) is 1. The first-order valence-electron chi connectivity index (χ1n) is 8.27. The number of nitrogens with zero attached hydrogens (tertiary/aromatic N) is 3. The molecule has 0 atom stereocenters. The summed E-state index contributed by atoms with van der Waals surface area (Å²) in [5, 5.41) is 2.88. The highest BCUT2D eigenvalue weighted by molar-refractivity contribution is 5.93. The van der Waals surface area contributed by atoms with Crippen LogP contribution >= 0.6 is 0 Å². The Labute approximate surface area is 147 Å². The van der Waals surface area contributed by atoms with Crippen LogP contribution in [0.2, 0.25) is 0 Å². The van der Waals surface area contributed by atoms with Gasteiger partial charge in [-0.05, 0) is 30.3 Å². The highest BCUT2D eigenvalue weighted by Gasteiger charge is 2.19. The smallest absolute Gasteiger partial charge is 0.238 e. The molecule has 0 radical (unpaired) electrons. The monoisotopic (exact) mass is 341 g/mol. The van der Waals surface area contributed by atoms with Gasteiger partial charge in [-0.2, -0.15) is 0 Å². The van der Waals surface area contributed by atoms with Crippen LogP contribution in [0.15, 0.2) is 42.6 Å². The van der Waals surface area contributed by atoms with Crippen LogP contribution in [0, 0.1) is 0 Å². The predicted molar refractivity (Wildman–Crippen MR) is 98.9 cm³/mol. The minimum Gasteiger partial charge on any atom is -0.495 e. The van der Waals surface area contributed by atoms with Gasteiger partial charge in [0.1, 0.15) is 11.6 Å². The normalized spacial score (nSPS) is 15.0. The number of carbonyl (C=O) groups is 1. The number of anilines is 3. The van der Waals surface area contributed by atoms with Crippen molar-refractivity contribution in [3.63, 3.8) is 0 Å². The molecule has 0 saturated carbocycles. The average Bonchev–Trinajstić information content (AvgIpc) is 2.63. The summed E-state index contributed by atoms with van der Waals surface area (Å²) >= 11 is 0. The minimum absolute atomic E-state index is 0.0455. The van der Waals surface area contributed by atoms with Gasteiger partial charge in [0, 0.05) is 38.1 Å². The molecule has 1 fully saturated rings. The number of hydrogen-bond acceptors (Lipinski definition) is 6. The molecule has 1 saturated heterocycles. The fourth-order valence-electron chi connectivity index (χ4n) is 2.89. The molecule has 2 heterocycles. The first-order valence-corrected chi connectivity index (χ1v) is 8.27. The van der Waals surface area contributed by atoms with E-state index in [0.29, 0.717) is 23.7 Å². The SMILES string of the molecule is COc1ccc(NC(=O)CN2CCN(c3ccccn3)CC2)cc1N. The third-order valence-corrected chi connectivity index (χ3v) is 4.23. The molecule has 1 aromatic heterocycles. The lowest BCUT2D eigenvalue weighted by molar-refractivity contribution is -0.117. The van der Waals surface area contributed by atoms with Crippen LogP contribution in [-0.2, 0) is 4.79 Å². The number of aromatic nitrogens is 1. The summed E-state index contributed by atoms with van der Waals surface area (Å²) in [5.41, 5.74) is 7.04. The van der Waals surface area contributed by atoms with Crippen molar-refractivity contribution in [2.24, 2.45) is 0 Å². The van der Waals surface area contributed by atoms with Gasteiger partial charge in [-0.1, -0.05) is 6.07 Å². The molecule has 2 aromatic rings. The quantitative estimate of drug-likeness (QED) is 0.801. The van der Waals surface area contributed by atoms with Crippen molar-refractivity contribution < 1.29 is 9.53 Å². The molecule has 1 aliphatic rings. The van der Waals surface area contributed by atoms with E-state index in [2.05, 4.69) is 20.1 Å². The Morgan fingerprint density at radius 1 is 1.24 bits per heavy atom. The van der Waals surface area contributed by atoms with Crippen molar-refractivity contribution in [3.05, 3.63) is 42.6 Å². The van der Waals surface area contributed by atoms with Gasteiger partial charge in [0.05, 0.1) is 19.3 Å². The molecule has 0 bridgehead atoms. The van der Waals surface area contributed by atoms with Crippen molar-refractivity contribution in [3.8, 4) is 5.75 Å². The second-order valence-corrected chi connectivity index (χ2v) is 5.96. The second kappa shape index (κ2) is 7.85. The molecule has 0 unspecified atom stereocenters. The van der Waals surface area contributed by atoms with Crippen LogP contribution in [0.4, 0.5) is 17.2 Å². The number of nitrogens with one attached hydrogen (secondary N) is 1. The highest BCUT2D eigenvalue weighted by Crippen LogP contribution is 2.24. The van der Waals surface area contributed by atoms with Gasteiger partial charge in [0.2, 0.25) is 5.91 Å². The number of carbonyl (C=O) groups excluding carboxylic acids is 1. The van der Waals surface area contributed by atoms with E-state index in [1.165, 1.54) is 0 Å². The number of methoxy groups -OCH3 is 1. The maximum absolute atomic E-state index is 12.2. The highest BCUT2D eigenvalue weighted by atomic mass is 16.5. The Kier molecular flexibility index (Phi) is 5.35. The van der Waals surface area contributed by atoms with Crippen LogP contribution < -0.4 is 20.7 Å². The molecular weight excluding hydrogens is 318 g/mol. The van der Waals surface area contributed by atoms with Crippen LogP contribution in [-0.4, -0.2) is 55.6 Å². The minimum atomic E-state index is -0.0455. The van der Waals surface area contributed by atoms with E-state index < -0.39 is 0 Å². The molecule has 0 aliphatic carbocycles. The molecule has 1 aliphatic heterocycles. The molecule has 3 rings (SSSR count). The molecule has 25 heavy (non-hydrogen) atoms. The number of rotatable bonds is 5. The van der Waals surface area contributed by atoms with E-state index in [0.717, 1.165) is 32.0 Å². The molecule has 132 valence electrons. The molecule has 0 spiro atoms. The summed E-state index contributed by atoms with van der Waals surface area (Å²) in [6, 6.07) is 11.1. The summed E-state index contributed by atoms with van der Waals surface area (Å²) in [7, 11) is 1.56. The first-order chi connectivity index (χ1) is 12.2. The van der Waals surface area contributed by atoms with Gasteiger partial charge in [-0.15, -0.1) is 0 Å². The summed E-state index contributed by atoms with van der Waals surface area (Å²) in [5.74, 6) is 1.54. The number of piperazine rings is 1. The Hall–Kier alpha value is -2.80. The van der Waals surface area contributed by atoms with Crippen LogP contribution in [0.25, 0.3) is 0 Å². The second-order valence-electron chi connectivity index (χ2n) is 5.96. The van der Waals surface area contributed by atoms with Crippen LogP contribution in [0.3, 0.4) is 0 Å². The van der Waals surface area contributed by atoms with Crippen molar-refractivity contribution in [1.29, 1.82) is 0 Å². The summed E-state index contributed by atoms with van der Waals surface area (Å²) < 4.78 is 5.12. The van der Waals surface area contributed by atoms with Gasteiger partial charge in [0.15, 0.2) is 0 Å². The maximum Gasteiger partial charge on any atom is 0.238 e. The predicted octanol–water partition coefficient (Wildman–Crippen LogP) is 1.43. The molecule has 7 heteroatoms. The van der Waals surface area contributed by atoms with Crippen molar-refractivity contribution in [2.45, 2.75) is 0 Å². The zero-order chi connectivity index (χ0) is 17.6. The number of ether oxygens (including phenoxy) is 1. The number of pyridine rings is 1. The largest absolute Gasteiger partial charge is 0.495 e. The van der Waals surface area contributed by atoms with Gasteiger partial charge in [-0.3, -0.25) is 9.69 Å². The number of amides is 1. The zero-order valence-electron chi connectivity index (χ0n) is 14.3. The lowest BCUT2D eigenvalue weighted by Gasteiger charge is -2.34. The number of nitrogen functional groups attached to an aromatic ring is 1. The average molecular weight is 341 g/mol. The third kappa shape index (κ3) is 4.39. The summed E-state index contributed by atoms with van der Waals surface area (Å²) in [6.45, 7) is 3.74. The number of benzene rings is 1. The summed E-state index contributed by atoms with van der Waals surface area (Å²) in [4.78, 5) is 21.0. The van der Waals surface area contributed by atoms with E-state index in [9.17, 15) is 4.79 Å².